The molecule has 0 spiro atoms. The number of methoxy groups -OCH3 is 1. The number of ketones is 1. The van der Waals surface area contributed by atoms with E-state index in [0.29, 0.717) is 60.9 Å². The molecule has 1 atom stereocenters. The molecule has 0 unspecified atom stereocenters. The number of carbonyl (C=O) groups is 2. The van der Waals surface area contributed by atoms with Gasteiger partial charge < -0.3 is 24.7 Å². The fraction of sp³-hybridized carbons (Fsp3) is 0.364. The molecule has 0 amide bonds. The van der Waals surface area contributed by atoms with E-state index in [1.807, 2.05) is 6.92 Å². The second-order valence-corrected chi connectivity index (χ2v) is 6.66. The van der Waals surface area contributed by atoms with Gasteiger partial charge in [0.25, 0.3) is 0 Å². The van der Waals surface area contributed by atoms with Gasteiger partial charge in [-0.25, -0.2) is 4.79 Å². The first-order valence-electron chi connectivity index (χ1n) is 9.54. The lowest BCUT2D eigenvalue weighted by atomic mass is 9.77. The molecule has 0 saturated heterocycles. The Labute approximate surface area is 169 Å². The smallest absolute Gasteiger partial charge is 0.340 e. The quantitative estimate of drug-likeness (QED) is 0.556. The number of rotatable bonds is 7. The minimum absolute atomic E-state index is 0.0414. The van der Waals surface area contributed by atoms with Gasteiger partial charge in [0.1, 0.15) is 17.9 Å². The zero-order valence-corrected chi connectivity index (χ0v) is 16.7. The van der Waals surface area contributed by atoms with Crippen LogP contribution in [0.2, 0.25) is 0 Å². The predicted octanol–water partition coefficient (Wildman–Crippen LogP) is 3.11. The Bertz CT molecular complexity index is 899. The Balaban J connectivity index is 2.14. The fourth-order valence-corrected chi connectivity index (χ4v) is 3.64. The Hall–Kier alpha value is -3.22. The summed E-state index contributed by atoms with van der Waals surface area (Å²) in [6.07, 6.45) is 3.31. The molecule has 1 aromatic carbocycles. The molecule has 1 heterocycles. The Morgan fingerprint density at radius 3 is 2.79 bits per heavy atom. The van der Waals surface area contributed by atoms with E-state index < -0.39 is 11.9 Å². The zero-order valence-electron chi connectivity index (χ0n) is 16.7. The topological polar surface area (TPSA) is 97.1 Å². The molecule has 1 aromatic rings. The van der Waals surface area contributed by atoms with E-state index in [0.717, 1.165) is 0 Å². The molecule has 2 aliphatic rings. The third-order valence-electron chi connectivity index (χ3n) is 4.85. The highest BCUT2D eigenvalue weighted by Crippen LogP contribution is 2.45. The van der Waals surface area contributed by atoms with Gasteiger partial charge in [0.2, 0.25) is 5.88 Å². The number of carbonyl (C=O) groups excluding carboxylic acids is 2. The summed E-state index contributed by atoms with van der Waals surface area (Å²) in [5.41, 5.74) is 7.31. The minimum atomic E-state index is -0.688. The van der Waals surface area contributed by atoms with Gasteiger partial charge in [-0.05, 0) is 31.0 Å². The first kappa shape index (κ1) is 20.5. The maximum atomic E-state index is 12.8. The number of nitrogens with two attached hydrogens (primary N) is 1. The molecule has 0 saturated carbocycles. The third kappa shape index (κ3) is 3.99. The summed E-state index contributed by atoms with van der Waals surface area (Å²) < 4.78 is 21.9. The number of hydrogen-bond acceptors (Lipinski definition) is 7. The molecule has 0 radical (unpaired) electrons. The number of allylic oxidation sites excluding steroid dienone is 2. The van der Waals surface area contributed by atoms with Crippen molar-refractivity contribution in [3.63, 3.8) is 0 Å². The van der Waals surface area contributed by atoms with Gasteiger partial charge in [-0.1, -0.05) is 18.7 Å². The van der Waals surface area contributed by atoms with Gasteiger partial charge in [-0.15, -0.1) is 0 Å². The maximum absolute atomic E-state index is 12.8. The molecule has 3 rings (SSSR count). The van der Waals surface area contributed by atoms with Crippen molar-refractivity contribution in [2.45, 2.75) is 32.1 Å². The van der Waals surface area contributed by atoms with Gasteiger partial charge in [0, 0.05) is 18.4 Å². The molecule has 29 heavy (non-hydrogen) atoms. The molecule has 0 bridgehead atoms. The summed E-state index contributed by atoms with van der Waals surface area (Å²) in [6.45, 7) is 6.26. The van der Waals surface area contributed by atoms with E-state index >= 15 is 0 Å². The highest BCUT2D eigenvalue weighted by Gasteiger charge is 2.41. The molecule has 0 aromatic heterocycles. The van der Waals surface area contributed by atoms with Gasteiger partial charge in [-0.2, -0.15) is 0 Å². The Kier molecular flexibility index (Phi) is 6.26. The van der Waals surface area contributed by atoms with Gasteiger partial charge >= 0.3 is 5.97 Å². The molecule has 7 heteroatoms. The largest absolute Gasteiger partial charge is 0.490 e. The van der Waals surface area contributed by atoms with Crippen LogP contribution in [0.5, 0.6) is 11.5 Å². The van der Waals surface area contributed by atoms with Crippen LogP contribution in [0.25, 0.3) is 0 Å². The lowest BCUT2D eigenvalue weighted by Gasteiger charge is -2.32. The first-order valence-corrected chi connectivity index (χ1v) is 9.54. The van der Waals surface area contributed by atoms with Crippen molar-refractivity contribution in [3.8, 4) is 11.5 Å². The standard InChI is InChI=1S/C22H25NO6/c1-4-11-28-15-10-9-13(12-17(15)27-5-2)18-19-14(24)7-6-8-16(19)29-21(23)20(18)22(25)26-3/h4,9-10,12,18H,1,5-8,11,23H2,2-3H3/t18-/m0/s1. The van der Waals surface area contributed by atoms with Crippen molar-refractivity contribution in [1.29, 1.82) is 0 Å². The summed E-state index contributed by atoms with van der Waals surface area (Å²) in [5, 5.41) is 0. The number of ether oxygens (including phenoxy) is 4. The summed E-state index contributed by atoms with van der Waals surface area (Å²) in [4.78, 5) is 25.3. The highest BCUT2D eigenvalue weighted by molar-refractivity contribution is 6.03. The van der Waals surface area contributed by atoms with E-state index in [1.165, 1.54) is 7.11 Å². The van der Waals surface area contributed by atoms with Crippen LogP contribution < -0.4 is 15.2 Å². The number of benzene rings is 1. The van der Waals surface area contributed by atoms with E-state index in [9.17, 15) is 9.59 Å². The maximum Gasteiger partial charge on any atom is 0.340 e. The lowest BCUT2D eigenvalue weighted by molar-refractivity contribution is -0.136. The average molecular weight is 399 g/mol. The molecule has 7 nitrogen and oxygen atoms in total. The van der Waals surface area contributed by atoms with E-state index in [1.54, 1.807) is 24.3 Å². The van der Waals surface area contributed by atoms with E-state index in [-0.39, 0.29) is 17.2 Å². The summed E-state index contributed by atoms with van der Waals surface area (Å²) in [5.74, 6) is 0.139. The third-order valence-corrected chi connectivity index (χ3v) is 4.85. The van der Waals surface area contributed by atoms with Crippen molar-refractivity contribution in [2.75, 3.05) is 20.3 Å². The second-order valence-electron chi connectivity index (χ2n) is 6.66. The highest BCUT2D eigenvalue weighted by atomic mass is 16.5. The van der Waals surface area contributed by atoms with Crippen LogP contribution in [-0.2, 0) is 19.1 Å². The lowest BCUT2D eigenvalue weighted by Crippen LogP contribution is -2.31. The Morgan fingerprint density at radius 2 is 2.10 bits per heavy atom. The molecule has 1 aliphatic carbocycles. The van der Waals surface area contributed by atoms with E-state index in [2.05, 4.69) is 6.58 Å². The van der Waals surface area contributed by atoms with Crippen LogP contribution in [0.15, 0.2) is 53.6 Å². The first-order chi connectivity index (χ1) is 14.0. The van der Waals surface area contributed by atoms with Gasteiger partial charge in [0.15, 0.2) is 17.3 Å². The molecular formula is C22H25NO6. The molecule has 1 aliphatic heterocycles. The number of Topliss-reactive ketones (excluding diaryl/α,β-unsaturated/α-hetero) is 1. The number of hydrogen-bond donors (Lipinski definition) is 1. The SMILES string of the molecule is C=CCOc1ccc([C@@H]2C(C(=O)OC)=C(N)OC3=C2C(=O)CCC3)cc1OCC. The van der Waals surface area contributed by atoms with Crippen molar-refractivity contribution in [1.82, 2.24) is 0 Å². The van der Waals surface area contributed by atoms with Crippen LogP contribution >= 0.6 is 0 Å². The van der Waals surface area contributed by atoms with Gasteiger partial charge in [0.05, 0.1) is 19.6 Å². The molecule has 0 fully saturated rings. The van der Waals surface area contributed by atoms with Crippen molar-refractivity contribution in [3.05, 3.63) is 59.2 Å². The van der Waals surface area contributed by atoms with Crippen LogP contribution in [-0.4, -0.2) is 32.1 Å². The van der Waals surface area contributed by atoms with Crippen molar-refractivity contribution in [2.24, 2.45) is 5.73 Å². The van der Waals surface area contributed by atoms with E-state index in [4.69, 9.17) is 24.7 Å². The normalized spacial score (nSPS) is 18.7. The zero-order chi connectivity index (χ0) is 21.0. The molecule has 2 N–H and O–H groups in total. The minimum Gasteiger partial charge on any atom is -0.490 e. The van der Waals surface area contributed by atoms with Gasteiger partial charge in [-0.3, -0.25) is 4.79 Å². The summed E-state index contributed by atoms with van der Waals surface area (Å²) in [6, 6.07) is 5.30. The summed E-state index contributed by atoms with van der Waals surface area (Å²) >= 11 is 0. The second kappa shape index (κ2) is 8.86. The molecule has 154 valence electrons. The molecular weight excluding hydrogens is 374 g/mol. The van der Waals surface area contributed by atoms with Crippen LogP contribution in [0.4, 0.5) is 0 Å². The average Bonchev–Trinajstić information content (AvgIpc) is 2.71. The van der Waals surface area contributed by atoms with Crippen LogP contribution in [0.3, 0.4) is 0 Å². The summed E-state index contributed by atoms with van der Waals surface area (Å²) in [7, 11) is 1.27. The monoisotopic (exact) mass is 399 g/mol. The van der Waals surface area contributed by atoms with Crippen LogP contribution in [0, 0.1) is 0 Å². The fourth-order valence-electron chi connectivity index (χ4n) is 3.64. The Morgan fingerprint density at radius 1 is 1.31 bits per heavy atom. The van der Waals surface area contributed by atoms with Crippen molar-refractivity contribution >= 4 is 11.8 Å². The number of esters is 1. The van der Waals surface area contributed by atoms with Crippen molar-refractivity contribution < 1.29 is 28.5 Å². The van der Waals surface area contributed by atoms with Crippen LogP contribution in [0.1, 0.15) is 37.7 Å². The predicted molar refractivity (Wildman–Crippen MR) is 106 cm³/mol.